The fourth-order valence-electron chi connectivity index (χ4n) is 4.18. The van der Waals surface area contributed by atoms with Gasteiger partial charge in [-0.1, -0.05) is 32.9 Å². The molecular formula is C25H29N5OS. The minimum atomic E-state index is -0.383. The van der Waals surface area contributed by atoms with Crippen molar-refractivity contribution in [3.05, 3.63) is 58.4 Å². The number of rotatable bonds is 6. The zero-order chi connectivity index (χ0) is 23.0. The van der Waals surface area contributed by atoms with E-state index < -0.39 is 0 Å². The van der Waals surface area contributed by atoms with Crippen molar-refractivity contribution in [3.8, 4) is 5.69 Å². The standard InChI is InChI=1S/C25H29N5OS/c1-6-17-9-11-20(12-10-17)29-15(4)13-19(16(29)5)14-21-22(26)30-25(27-23(21)31)32-24(28-30)18(7-2)8-3/h9-14,18,26H,6-8H2,1-5H3. The summed E-state index contributed by atoms with van der Waals surface area (Å²) in [5.74, 6) is 0.0269. The van der Waals surface area contributed by atoms with Crippen LogP contribution in [0.3, 0.4) is 0 Å². The number of hydrogen-bond donors (Lipinski definition) is 1. The van der Waals surface area contributed by atoms with E-state index in [0.717, 1.165) is 46.9 Å². The molecule has 4 rings (SSSR count). The summed E-state index contributed by atoms with van der Waals surface area (Å²) in [5.41, 5.74) is 5.65. The van der Waals surface area contributed by atoms with Gasteiger partial charge in [-0.05, 0) is 80.3 Å². The highest BCUT2D eigenvalue weighted by Crippen LogP contribution is 2.33. The Morgan fingerprint density at radius 1 is 1.12 bits per heavy atom. The van der Waals surface area contributed by atoms with E-state index >= 15 is 0 Å². The number of amidine groups is 2. The molecular weight excluding hydrogens is 418 g/mol. The van der Waals surface area contributed by atoms with Gasteiger partial charge in [0.25, 0.3) is 5.91 Å². The normalized spacial score (nSPS) is 17.3. The van der Waals surface area contributed by atoms with Gasteiger partial charge in [0, 0.05) is 23.0 Å². The molecule has 3 heterocycles. The third kappa shape index (κ3) is 3.86. The zero-order valence-electron chi connectivity index (χ0n) is 19.3. The zero-order valence-corrected chi connectivity index (χ0v) is 20.1. The summed E-state index contributed by atoms with van der Waals surface area (Å²) in [5, 5.41) is 16.2. The van der Waals surface area contributed by atoms with Crippen LogP contribution in [0.1, 0.15) is 56.1 Å². The van der Waals surface area contributed by atoms with Gasteiger partial charge in [-0.15, -0.1) is 0 Å². The molecule has 2 aromatic rings. The summed E-state index contributed by atoms with van der Waals surface area (Å²) in [7, 11) is 0. The summed E-state index contributed by atoms with van der Waals surface area (Å²) in [6.07, 6.45) is 4.72. The number of thioether (sulfide) groups is 1. The molecule has 6 nitrogen and oxygen atoms in total. The van der Waals surface area contributed by atoms with Gasteiger partial charge in [0.05, 0.1) is 5.57 Å². The predicted molar refractivity (Wildman–Crippen MR) is 134 cm³/mol. The highest BCUT2D eigenvalue weighted by molar-refractivity contribution is 8.27. The Hall–Kier alpha value is -2.93. The van der Waals surface area contributed by atoms with E-state index in [1.165, 1.54) is 22.3 Å². The molecule has 2 aliphatic rings. The van der Waals surface area contributed by atoms with E-state index in [1.807, 2.05) is 13.0 Å². The van der Waals surface area contributed by atoms with Crippen molar-refractivity contribution in [2.75, 3.05) is 0 Å². The van der Waals surface area contributed by atoms with E-state index in [2.05, 4.69) is 66.6 Å². The Morgan fingerprint density at radius 3 is 2.44 bits per heavy atom. The second-order valence-corrected chi connectivity index (χ2v) is 9.14. The predicted octanol–water partition coefficient (Wildman–Crippen LogP) is 5.71. The van der Waals surface area contributed by atoms with Crippen LogP contribution >= 0.6 is 11.8 Å². The van der Waals surface area contributed by atoms with E-state index in [0.29, 0.717) is 11.1 Å². The maximum absolute atomic E-state index is 12.8. The number of fused-ring (bicyclic) bond motifs is 1. The van der Waals surface area contributed by atoms with E-state index in [-0.39, 0.29) is 17.3 Å². The number of hydrogen-bond acceptors (Lipinski definition) is 4. The molecule has 0 aliphatic carbocycles. The fourth-order valence-corrected chi connectivity index (χ4v) is 5.33. The van der Waals surface area contributed by atoms with Gasteiger partial charge in [0.1, 0.15) is 5.04 Å². The van der Waals surface area contributed by atoms with Gasteiger partial charge in [0.15, 0.2) is 5.84 Å². The highest BCUT2D eigenvalue weighted by atomic mass is 32.2. The first kappa shape index (κ1) is 22.3. The maximum atomic E-state index is 12.8. The smallest absolute Gasteiger partial charge is 0.283 e. The average molecular weight is 448 g/mol. The first-order chi connectivity index (χ1) is 15.4. The molecule has 2 aliphatic heterocycles. The van der Waals surface area contributed by atoms with Gasteiger partial charge in [-0.25, -0.2) is 0 Å². The molecule has 7 heteroatoms. The Bertz CT molecular complexity index is 1170. The van der Waals surface area contributed by atoms with E-state index in [9.17, 15) is 4.79 Å². The SMILES string of the molecule is CCc1ccc(-n2c(C)cc(C=C3C(=N)N4N=C(C(CC)CC)SC4=NC3=O)c2C)cc1. The number of benzene rings is 1. The number of hydrazone groups is 1. The lowest BCUT2D eigenvalue weighted by molar-refractivity contribution is -0.114. The van der Waals surface area contributed by atoms with Gasteiger partial charge in [0.2, 0.25) is 5.17 Å². The van der Waals surface area contributed by atoms with Gasteiger partial charge in [-0.3, -0.25) is 10.2 Å². The lowest BCUT2D eigenvalue weighted by atomic mass is 10.1. The van der Waals surface area contributed by atoms with Crippen LogP contribution in [-0.4, -0.2) is 31.5 Å². The lowest BCUT2D eigenvalue weighted by Gasteiger charge is -2.20. The van der Waals surface area contributed by atoms with Gasteiger partial charge in [-0.2, -0.15) is 15.1 Å². The van der Waals surface area contributed by atoms with Crippen LogP contribution in [0.4, 0.5) is 0 Å². The highest BCUT2D eigenvalue weighted by Gasteiger charge is 2.37. The van der Waals surface area contributed by atoms with Crippen LogP contribution in [0.5, 0.6) is 0 Å². The second-order valence-electron chi connectivity index (χ2n) is 8.15. The molecule has 0 spiro atoms. The van der Waals surface area contributed by atoms with Crippen LogP contribution < -0.4 is 0 Å². The summed E-state index contributed by atoms with van der Waals surface area (Å²) in [6, 6.07) is 10.6. The number of aliphatic imine (C=N–C) groups is 1. The van der Waals surface area contributed by atoms with Crippen molar-refractivity contribution < 1.29 is 4.79 Å². The molecule has 1 aromatic heterocycles. The summed E-state index contributed by atoms with van der Waals surface area (Å²) in [4.78, 5) is 17.1. The van der Waals surface area contributed by atoms with Crippen molar-refractivity contribution in [1.29, 1.82) is 5.41 Å². The average Bonchev–Trinajstić information content (AvgIpc) is 3.32. The molecule has 0 radical (unpaired) electrons. The molecule has 0 bridgehead atoms. The molecule has 1 aromatic carbocycles. The van der Waals surface area contributed by atoms with Crippen LogP contribution in [0.15, 0.2) is 46.0 Å². The first-order valence-corrected chi connectivity index (χ1v) is 12.0. The van der Waals surface area contributed by atoms with Gasteiger partial charge < -0.3 is 4.57 Å². The number of nitrogens with zero attached hydrogens (tertiary/aromatic N) is 4. The molecule has 1 amide bonds. The Labute approximate surface area is 193 Å². The number of amides is 1. The largest absolute Gasteiger partial charge is 0.318 e. The molecule has 166 valence electrons. The lowest BCUT2D eigenvalue weighted by Crippen LogP contribution is -2.35. The van der Waals surface area contributed by atoms with Crippen LogP contribution in [-0.2, 0) is 11.2 Å². The number of carbonyl (C=O) groups is 1. The number of aromatic nitrogens is 1. The Kier molecular flexibility index (Phi) is 6.20. The maximum Gasteiger partial charge on any atom is 0.283 e. The Morgan fingerprint density at radius 2 is 1.81 bits per heavy atom. The summed E-state index contributed by atoms with van der Waals surface area (Å²) >= 11 is 1.41. The van der Waals surface area contributed by atoms with Crippen molar-refractivity contribution in [1.82, 2.24) is 9.58 Å². The van der Waals surface area contributed by atoms with Crippen molar-refractivity contribution in [2.45, 2.75) is 53.9 Å². The van der Waals surface area contributed by atoms with Crippen molar-refractivity contribution >= 4 is 39.8 Å². The summed E-state index contributed by atoms with van der Waals surface area (Å²) in [6.45, 7) is 10.5. The molecule has 1 N–H and O–H groups in total. The molecule has 32 heavy (non-hydrogen) atoms. The summed E-state index contributed by atoms with van der Waals surface area (Å²) < 4.78 is 2.17. The second kappa shape index (κ2) is 8.90. The minimum absolute atomic E-state index is 0.0885. The van der Waals surface area contributed by atoms with Crippen molar-refractivity contribution in [3.63, 3.8) is 0 Å². The van der Waals surface area contributed by atoms with E-state index in [4.69, 9.17) is 5.41 Å². The molecule has 0 saturated carbocycles. The number of nitrogens with one attached hydrogen (secondary N) is 1. The Balaban J connectivity index is 1.69. The third-order valence-electron chi connectivity index (χ3n) is 6.18. The topological polar surface area (TPSA) is 73.8 Å². The molecule has 0 saturated heterocycles. The third-order valence-corrected chi connectivity index (χ3v) is 7.25. The quantitative estimate of drug-likeness (QED) is 0.576. The van der Waals surface area contributed by atoms with Crippen LogP contribution in [0.25, 0.3) is 11.8 Å². The fraction of sp³-hybridized carbons (Fsp3) is 0.360. The van der Waals surface area contributed by atoms with Gasteiger partial charge >= 0.3 is 0 Å². The number of carbonyl (C=O) groups excluding carboxylic acids is 1. The van der Waals surface area contributed by atoms with Crippen LogP contribution in [0.2, 0.25) is 0 Å². The van der Waals surface area contributed by atoms with E-state index in [1.54, 1.807) is 6.08 Å². The molecule has 0 atom stereocenters. The minimum Gasteiger partial charge on any atom is -0.318 e. The number of aryl methyl sites for hydroxylation is 2. The monoisotopic (exact) mass is 447 g/mol. The van der Waals surface area contributed by atoms with Crippen molar-refractivity contribution in [2.24, 2.45) is 16.0 Å². The van der Waals surface area contributed by atoms with Crippen LogP contribution in [0, 0.1) is 25.2 Å². The first-order valence-electron chi connectivity index (χ1n) is 11.2. The molecule has 0 fully saturated rings. The molecule has 0 unspecified atom stereocenters.